The highest BCUT2D eigenvalue weighted by molar-refractivity contribution is 9.09. The zero-order valence-electron chi connectivity index (χ0n) is 8.24. The van der Waals surface area contributed by atoms with Gasteiger partial charge in [-0.1, -0.05) is 15.9 Å². The van der Waals surface area contributed by atoms with E-state index >= 15 is 0 Å². The molecule has 0 saturated heterocycles. The van der Waals surface area contributed by atoms with Crippen molar-refractivity contribution in [2.45, 2.75) is 12.6 Å². The Kier molecular flexibility index (Phi) is 2.97. The van der Waals surface area contributed by atoms with Crippen LogP contribution in [0.2, 0.25) is 0 Å². The van der Waals surface area contributed by atoms with Crippen molar-refractivity contribution in [2.24, 2.45) is 0 Å². The minimum Gasteiger partial charge on any atom is -0.361 e. The number of nitrogens with one attached hydrogen (secondary N) is 1. The van der Waals surface area contributed by atoms with Gasteiger partial charge in [0.15, 0.2) is 0 Å². The van der Waals surface area contributed by atoms with Gasteiger partial charge in [-0.3, -0.25) is 0 Å². The normalized spacial score (nSPS) is 12.2. The lowest BCUT2D eigenvalue weighted by Gasteiger charge is -2.06. The van der Waals surface area contributed by atoms with Crippen molar-refractivity contribution in [1.29, 1.82) is 0 Å². The molecule has 0 amide bonds. The molecule has 2 rings (SSSR count). The lowest BCUT2D eigenvalue weighted by atomic mass is 10.1. The van der Waals surface area contributed by atoms with Gasteiger partial charge in [0.1, 0.15) is 0 Å². The van der Waals surface area contributed by atoms with Crippen LogP contribution >= 0.6 is 15.9 Å². The SMILES string of the molecule is FC(F)(F)c1ccc2[nH]cc(CCBr)c2c1. The second-order valence-corrected chi connectivity index (χ2v) is 4.30. The molecular formula is C11H9BrF3N. The summed E-state index contributed by atoms with van der Waals surface area (Å²) in [4.78, 5) is 2.96. The van der Waals surface area contributed by atoms with Gasteiger partial charge in [-0.15, -0.1) is 0 Å². The lowest BCUT2D eigenvalue weighted by Crippen LogP contribution is -2.04. The summed E-state index contributed by atoms with van der Waals surface area (Å²) in [6.45, 7) is 0. The summed E-state index contributed by atoms with van der Waals surface area (Å²) in [5.41, 5.74) is 1.04. The second-order valence-electron chi connectivity index (χ2n) is 3.51. The van der Waals surface area contributed by atoms with Crippen molar-refractivity contribution >= 4 is 26.8 Å². The molecule has 0 radical (unpaired) electrons. The summed E-state index contributed by atoms with van der Waals surface area (Å²) in [7, 11) is 0. The molecular weight excluding hydrogens is 283 g/mol. The van der Waals surface area contributed by atoms with E-state index in [9.17, 15) is 13.2 Å². The van der Waals surface area contributed by atoms with Gasteiger partial charge in [0.05, 0.1) is 5.56 Å². The molecule has 0 atom stereocenters. The van der Waals surface area contributed by atoms with Crippen molar-refractivity contribution in [2.75, 3.05) is 5.33 Å². The van der Waals surface area contributed by atoms with Crippen LogP contribution in [0.3, 0.4) is 0 Å². The molecule has 16 heavy (non-hydrogen) atoms. The molecule has 0 bridgehead atoms. The Morgan fingerprint density at radius 1 is 1.25 bits per heavy atom. The first kappa shape index (κ1) is 11.5. The predicted octanol–water partition coefficient (Wildman–Crippen LogP) is 4.12. The monoisotopic (exact) mass is 291 g/mol. The molecule has 1 aromatic heterocycles. The molecule has 0 unspecified atom stereocenters. The molecule has 1 aromatic carbocycles. The Morgan fingerprint density at radius 3 is 2.62 bits per heavy atom. The van der Waals surface area contributed by atoms with Crippen LogP contribution in [-0.4, -0.2) is 10.3 Å². The average Bonchev–Trinajstić information content (AvgIpc) is 2.60. The summed E-state index contributed by atoms with van der Waals surface area (Å²) < 4.78 is 37.6. The highest BCUT2D eigenvalue weighted by atomic mass is 79.9. The van der Waals surface area contributed by atoms with Gasteiger partial charge in [0, 0.05) is 22.4 Å². The number of fused-ring (bicyclic) bond motifs is 1. The predicted molar refractivity (Wildman–Crippen MR) is 60.8 cm³/mol. The molecule has 1 nitrogen and oxygen atoms in total. The zero-order valence-corrected chi connectivity index (χ0v) is 9.82. The number of H-pyrrole nitrogens is 1. The van der Waals surface area contributed by atoms with Gasteiger partial charge in [-0.25, -0.2) is 0 Å². The maximum absolute atomic E-state index is 12.5. The van der Waals surface area contributed by atoms with E-state index in [0.717, 1.165) is 22.5 Å². The van der Waals surface area contributed by atoms with Crippen LogP contribution in [0.1, 0.15) is 11.1 Å². The maximum atomic E-state index is 12.5. The van der Waals surface area contributed by atoms with E-state index in [1.54, 1.807) is 6.20 Å². The average molecular weight is 292 g/mol. The molecule has 2 aromatic rings. The van der Waals surface area contributed by atoms with Gasteiger partial charge in [0.2, 0.25) is 0 Å². The van der Waals surface area contributed by atoms with Crippen molar-refractivity contribution in [3.8, 4) is 0 Å². The minimum atomic E-state index is -4.28. The van der Waals surface area contributed by atoms with Crippen LogP contribution in [0, 0.1) is 0 Å². The standard InChI is InChI=1S/C11H9BrF3N/c12-4-3-7-6-16-10-2-1-8(5-9(7)10)11(13,14)15/h1-2,5-6,16H,3-4H2. The van der Waals surface area contributed by atoms with E-state index in [2.05, 4.69) is 20.9 Å². The number of aromatic amines is 1. The van der Waals surface area contributed by atoms with Gasteiger partial charge in [-0.2, -0.15) is 13.2 Å². The van der Waals surface area contributed by atoms with Crippen LogP contribution in [-0.2, 0) is 12.6 Å². The zero-order chi connectivity index (χ0) is 11.8. The summed E-state index contributed by atoms with van der Waals surface area (Å²) in [6.07, 6.45) is -1.81. The number of alkyl halides is 4. The summed E-state index contributed by atoms with van der Waals surface area (Å²) in [6, 6.07) is 3.76. The largest absolute Gasteiger partial charge is 0.416 e. The number of aryl methyl sites for hydroxylation is 1. The Bertz CT molecular complexity index is 501. The Morgan fingerprint density at radius 2 is 2.00 bits per heavy atom. The number of hydrogen-bond donors (Lipinski definition) is 1. The number of benzene rings is 1. The molecule has 0 aliphatic carbocycles. The summed E-state index contributed by atoms with van der Waals surface area (Å²) >= 11 is 3.28. The number of aromatic nitrogens is 1. The van der Waals surface area contributed by atoms with E-state index in [1.165, 1.54) is 12.1 Å². The van der Waals surface area contributed by atoms with Crippen LogP contribution in [0.5, 0.6) is 0 Å². The smallest absolute Gasteiger partial charge is 0.361 e. The van der Waals surface area contributed by atoms with E-state index in [4.69, 9.17) is 0 Å². The van der Waals surface area contributed by atoms with Crippen molar-refractivity contribution in [3.63, 3.8) is 0 Å². The van der Waals surface area contributed by atoms with Gasteiger partial charge in [-0.05, 0) is 30.2 Å². The quantitative estimate of drug-likeness (QED) is 0.801. The first-order chi connectivity index (χ1) is 7.52. The van der Waals surface area contributed by atoms with Gasteiger partial charge < -0.3 is 4.98 Å². The third kappa shape index (κ3) is 2.09. The first-order valence-corrected chi connectivity index (χ1v) is 5.87. The molecule has 0 spiro atoms. The number of hydrogen-bond acceptors (Lipinski definition) is 0. The molecule has 0 aliphatic heterocycles. The number of rotatable bonds is 2. The van der Waals surface area contributed by atoms with Crippen molar-refractivity contribution < 1.29 is 13.2 Å². The molecule has 5 heteroatoms. The molecule has 0 fully saturated rings. The third-order valence-corrected chi connectivity index (χ3v) is 2.86. The van der Waals surface area contributed by atoms with Crippen molar-refractivity contribution in [1.82, 2.24) is 4.98 Å². The Hall–Kier alpha value is -0.970. The molecule has 1 N–H and O–H groups in total. The first-order valence-electron chi connectivity index (χ1n) is 4.75. The maximum Gasteiger partial charge on any atom is 0.416 e. The topological polar surface area (TPSA) is 15.8 Å². The van der Waals surface area contributed by atoms with Gasteiger partial charge in [0.25, 0.3) is 0 Å². The fourth-order valence-electron chi connectivity index (χ4n) is 1.66. The Labute approximate surface area is 98.8 Å². The minimum absolute atomic E-state index is 0.601. The van der Waals surface area contributed by atoms with Crippen LogP contribution in [0.25, 0.3) is 10.9 Å². The van der Waals surface area contributed by atoms with Crippen LogP contribution < -0.4 is 0 Å². The summed E-state index contributed by atoms with van der Waals surface area (Å²) in [5, 5.41) is 1.38. The third-order valence-electron chi connectivity index (χ3n) is 2.46. The summed E-state index contributed by atoms with van der Waals surface area (Å²) in [5.74, 6) is 0. The van der Waals surface area contributed by atoms with E-state index in [0.29, 0.717) is 11.8 Å². The van der Waals surface area contributed by atoms with Crippen LogP contribution in [0.4, 0.5) is 13.2 Å². The molecule has 0 saturated carbocycles. The number of halogens is 4. The molecule has 1 heterocycles. The fraction of sp³-hybridized carbons (Fsp3) is 0.273. The molecule has 86 valence electrons. The fourth-order valence-corrected chi connectivity index (χ4v) is 2.09. The van der Waals surface area contributed by atoms with E-state index < -0.39 is 11.7 Å². The van der Waals surface area contributed by atoms with Gasteiger partial charge >= 0.3 is 6.18 Å². The van der Waals surface area contributed by atoms with Crippen molar-refractivity contribution in [3.05, 3.63) is 35.5 Å². The van der Waals surface area contributed by atoms with E-state index in [-0.39, 0.29) is 0 Å². The Balaban J connectivity index is 2.54. The highest BCUT2D eigenvalue weighted by Crippen LogP contribution is 2.32. The lowest BCUT2D eigenvalue weighted by molar-refractivity contribution is -0.137. The molecule has 0 aliphatic rings. The van der Waals surface area contributed by atoms with Crippen LogP contribution in [0.15, 0.2) is 24.4 Å². The second kappa shape index (κ2) is 4.13. The van der Waals surface area contributed by atoms with E-state index in [1.807, 2.05) is 0 Å². The highest BCUT2D eigenvalue weighted by Gasteiger charge is 2.30.